The first-order chi connectivity index (χ1) is 8.49. The fraction of sp³-hybridized carbons (Fsp3) is 0.583. The molecule has 0 saturated carbocycles. The molecule has 1 aliphatic rings. The third-order valence-electron chi connectivity index (χ3n) is 3.08. The number of fused-ring (bicyclic) bond motifs is 1. The largest absolute Gasteiger partial charge is 0.481 e. The van der Waals surface area contributed by atoms with Crippen LogP contribution in [0.3, 0.4) is 0 Å². The lowest BCUT2D eigenvalue weighted by Crippen LogP contribution is -2.41. The zero-order chi connectivity index (χ0) is 13.3. The zero-order valence-electron chi connectivity index (χ0n) is 10.6. The smallest absolute Gasteiger partial charge is 0.304 e. The van der Waals surface area contributed by atoms with E-state index < -0.39 is 11.9 Å². The highest BCUT2D eigenvalue weighted by Crippen LogP contribution is 2.24. The van der Waals surface area contributed by atoms with Crippen molar-refractivity contribution in [2.24, 2.45) is 5.92 Å². The molecule has 0 saturated heterocycles. The molecule has 1 atom stereocenters. The number of aromatic nitrogens is 2. The summed E-state index contributed by atoms with van der Waals surface area (Å²) in [5, 5.41) is 13.1. The van der Waals surface area contributed by atoms with Gasteiger partial charge in [0.15, 0.2) is 0 Å². The van der Waals surface area contributed by atoms with E-state index in [1.54, 1.807) is 11.8 Å². The van der Waals surface area contributed by atoms with E-state index in [1.807, 2.05) is 17.7 Å². The number of aliphatic carboxylic acids is 1. The fourth-order valence-electron chi connectivity index (χ4n) is 2.25. The first kappa shape index (κ1) is 12.6. The number of hydrogen-bond acceptors (Lipinski definition) is 3. The van der Waals surface area contributed by atoms with Gasteiger partial charge < -0.3 is 5.11 Å². The predicted octanol–water partition coefficient (Wildman–Crippen LogP) is 1.04. The summed E-state index contributed by atoms with van der Waals surface area (Å²) in [6.45, 7) is 4.97. The number of rotatable bonds is 3. The molecule has 98 valence electrons. The van der Waals surface area contributed by atoms with Gasteiger partial charge in [-0.2, -0.15) is 5.10 Å². The molecular weight excluding hydrogens is 234 g/mol. The van der Waals surface area contributed by atoms with Gasteiger partial charge in [0, 0.05) is 25.1 Å². The summed E-state index contributed by atoms with van der Waals surface area (Å²) in [7, 11) is 0. The molecule has 18 heavy (non-hydrogen) atoms. The predicted molar refractivity (Wildman–Crippen MR) is 65.4 cm³/mol. The van der Waals surface area contributed by atoms with E-state index >= 15 is 0 Å². The summed E-state index contributed by atoms with van der Waals surface area (Å²) >= 11 is 0. The average Bonchev–Trinajstić information content (AvgIpc) is 2.66. The van der Waals surface area contributed by atoms with Crippen molar-refractivity contribution in [1.29, 1.82) is 0 Å². The lowest BCUT2D eigenvalue weighted by atomic mass is 10.1. The molecule has 0 aromatic carbocycles. The topological polar surface area (TPSA) is 75.4 Å². The zero-order valence-corrected chi connectivity index (χ0v) is 10.6. The lowest BCUT2D eigenvalue weighted by molar-refractivity contribution is -0.140. The van der Waals surface area contributed by atoms with Crippen molar-refractivity contribution < 1.29 is 14.7 Å². The maximum absolute atomic E-state index is 12.2. The number of carbonyl (C=O) groups excluding carboxylic acids is 1. The second-order valence-electron chi connectivity index (χ2n) is 4.71. The van der Waals surface area contributed by atoms with Gasteiger partial charge in [-0.05, 0) is 13.3 Å². The Morgan fingerprint density at radius 1 is 1.50 bits per heavy atom. The minimum atomic E-state index is -0.947. The summed E-state index contributed by atoms with van der Waals surface area (Å²) < 4.78 is 1.81. The molecule has 0 fully saturated rings. The van der Waals surface area contributed by atoms with Crippen LogP contribution in [0, 0.1) is 12.8 Å². The van der Waals surface area contributed by atoms with Gasteiger partial charge >= 0.3 is 5.97 Å². The highest BCUT2D eigenvalue weighted by atomic mass is 16.4. The molecule has 2 rings (SSSR count). The number of carboxylic acid groups (broad SMARTS) is 1. The lowest BCUT2D eigenvalue weighted by Gasteiger charge is -2.29. The van der Waals surface area contributed by atoms with Crippen molar-refractivity contribution in [1.82, 2.24) is 9.78 Å². The van der Waals surface area contributed by atoms with Gasteiger partial charge in [-0.25, -0.2) is 4.68 Å². The minimum Gasteiger partial charge on any atom is -0.481 e. The molecule has 0 radical (unpaired) electrons. The van der Waals surface area contributed by atoms with Crippen LogP contribution in [0.15, 0.2) is 6.07 Å². The second-order valence-corrected chi connectivity index (χ2v) is 4.71. The molecule has 1 N–H and O–H groups in total. The van der Waals surface area contributed by atoms with Crippen LogP contribution >= 0.6 is 0 Å². The Balaban J connectivity index is 2.19. The monoisotopic (exact) mass is 251 g/mol. The van der Waals surface area contributed by atoms with E-state index in [0.29, 0.717) is 6.54 Å². The van der Waals surface area contributed by atoms with Crippen molar-refractivity contribution in [3.63, 3.8) is 0 Å². The molecule has 2 heterocycles. The third kappa shape index (κ3) is 2.37. The quantitative estimate of drug-likeness (QED) is 0.870. The molecule has 0 spiro atoms. The number of hydrogen-bond donors (Lipinski definition) is 1. The second kappa shape index (κ2) is 4.80. The summed E-state index contributed by atoms with van der Waals surface area (Å²) in [4.78, 5) is 24.5. The molecular formula is C12H17N3O3. The van der Waals surface area contributed by atoms with E-state index in [0.717, 1.165) is 24.5 Å². The number of carboxylic acids is 1. The summed E-state index contributed by atoms with van der Waals surface area (Å²) in [6.07, 6.45) is 0.710. The van der Waals surface area contributed by atoms with Crippen LogP contribution in [0.1, 0.15) is 25.5 Å². The Morgan fingerprint density at radius 3 is 2.89 bits per heavy atom. The number of aryl methyl sites for hydroxylation is 2. The standard InChI is InChI=1S/C12H17N3O3/c1-8(6-11(16)17)12(18)14-4-3-5-15-10(14)7-9(2)13-15/h7-8H,3-6H2,1-2H3,(H,16,17). The molecule has 1 aliphatic heterocycles. The molecule has 6 heteroatoms. The van der Waals surface area contributed by atoms with Crippen LogP contribution in [-0.2, 0) is 16.1 Å². The maximum atomic E-state index is 12.2. The van der Waals surface area contributed by atoms with Crippen molar-refractivity contribution in [2.75, 3.05) is 11.4 Å². The van der Waals surface area contributed by atoms with Crippen LogP contribution in [0.25, 0.3) is 0 Å². The van der Waals surface area contributed by atoms with E-state index in [1.165, 1.54) is 0 Å². The SMILES string of the molecule is Cc1cc2n(n1)CCCN2C(=O)C(C)CC(=O)O. The van der Waals surface area contributed by atoms with Crippen LogP contribution in [0.5, 0.6) is 0 Å². The fourth-order valence-corrected chi connectivity index (χ4v) is 2.25. The van der Waals surface area contributed by atoms with Gasteiger partial charge in [-0.1, -0.05) is 6.92 Å². The van der Waals surface area contributed by atoms with Gasteiger partial charge in [-0.15, -0.1) is 0 Å². The van der Waals surface area contributed by atoms with Gasteiger partial charge in [0.1, 0.15) is 5.82 Å². The molecule has 1 aromatic heterocycles. The Bertz CT molecular complexity index is 481. The average molecular weight is 251 g/mol. The van der Waals surface area contributed by atoms with Gasteiger partial charge in [0.05, 0.1) is 12.1 Å². The van der Waals surface area contributed by atoms with Crippen LogP contribution in [0.4, 0.5) is 5.82 Å². The Kier molecular flexibility index (Phi) is 3.36. The van der Waals surface area contributed by atoms with Crippen LogP contribution in [0.2, 0.25) is 0 Å². The minimum absolute atomic E-state index is 0.136. The Labute approximate surface area is 105 Å². The van der Waals surface area contributed by atoms with E-state index in [4.69, 9.17) is 5.11 Å². The maximum Gasteiger partial charge on any atom is 0.304 e. The van der Waals surface area contributed by atoms with Crippen LogP contribution in [-0.4, -0.2) is 33.3 Å². The van der Waals surface area contributed by atoms with Crippen molar-refractivity contribution in [3.8, 4) is 0 Å². The Morgan fingerprint density at radius 2 is 2.22 bits per heavy atom. The molecule has 0 bridgehead atoms. The number of carbonyl (C=O) groups is 2. The number of amides is 1. The third-order valence-corrected chi connectivity index (χ3v) is 3.08. The van der Waals surface area contributed by atoms with Crippen molar-refractivity contribution >= 4 is 17.7 Å². The molecule has 0 aliphatic carbocycles. The van der Waals surface area contributed by atoms with E-state index in [9.17, 15) is 9.59 Å². The number of nitrogens with zero attached hydrogens (tertiary/aromatic N) is 3. The van der Waals surface area contributed by atoms with Crippen molar-refractivity contribution in [2.45, 2.75) is 33.2 Å². The summed E-state index contributed by atoms with van der Waals surface area (Å²) in [6, 6.07) is 1.87. The van der Waals surface area contributed by atoms with Crippen LogP contribution < -0.4 is 4.90 Å². The highest BCUT2D eigenvalue weighted by Gasteiger charge is 2.28. The van der Waals surface area contributed by atoms with E-state index in [-0.39, 0.29) is 12.3 Å². The van der Waals surface area contributed by atoms with Gasteiger partial charge in [-0.3, -0.25) is 14.5 Å². The van der Waals surface area contributed by atoms with Gasteiger partial charge in [0.25, 0.3) is 0 Å². The van der Waals surface area contributed by atoms with Crippen molar-refractivity contribution in [3.05, 3.63) is 11.8 Å². The summed E-state index contributed by atoms with van der Waals surface area (Å²) in [5.41, 5.74) is 0.871. The molecule has 6 nitrogen and oxygen atoms in total. The first-order valence-corrected chi connectivity index (χ1v) is 6.06. The molecule has 1 amide bonds. The van der Waals surface area contributed by atoms with Gasteiger partial charge in [0.2, 0.25) is 5.91 Å². The normalized spacial score (nSPS) is 16.2. The molecule has 1 unspecified atom stereocenters. The van der Waals surface area contributed by atoms with E-state index in [2.05, 4.69) is 5.10 Å². The first-order valence-electron chi connectivity index (χ1n) is 6.06. The summed E-state index contributed by atoms with van der Waals surface area (Å²) in [5.74, 6) is -0.818. The number of anilines is 1. The Hall–Kier alpha value is -1.85. The highest BCUT2D eigenvalue weighted by molar-refractivity contribution is 5.95. The molecule has 1 aromatic rings.